The molecular weight excluding hydrogens is 320 g/mol. The maximum absolute atomic E-state index is 10.0. The van der Waals surface area contributed by atoms with Crippen molar-refractivity contribution in [2.75, 3.05) is 0 Å². The summed E-state index contributed by atoms with van der Waals surface area (Å²) in [4.78, 5) is 0. The van der Waals surface area contributed by atoms with Crippen molar-refractivity contribution in [3.05, 3.63) is 46.0 Å². The second-order valence-corrected chi connectivity index (χ2v) is 7.54. The number of hydrogen-bond acceptors (Lipinski definition) is 4. The second kappa shape index (κ2) is 6.44. The Labute approximate surface area is 154 Å². The predicted molar refractivity (Wildman–Crippen MR) is 99.3 cm³/mol. The van der Waals surface area contributed by atoms with E-state index in [1.165, 1.54) is 0 Å². The molecule has 0 heterocycles. The molecule has 0 saturated heterocycles. The summed E-state index contributed by atoms with van der Waals surface area (Å²) in [6.45, 7) is 6.06. The Bertz CT molecular complexity index is 895. The number of aryl methyl sites for hydroxylation is 3. The fourth-order valence-electron chi connectivity index (χ4n) is 5.00. The largest absolute Gasteiger partial charge is 0.305 e. The maximum atomic E-state index is 10.0. The van der Waals surface area contributed by atoms with Gasteiger partial charge in [0.05, 0.1) is 23.9 Å². The molecular formula is C22H22N4. The molecule has 4 heteroatoms. The zero-order valence-electron chi connectivity index (χ0n) is 15.4. The molecule has 0 bridgehead atoms. The van der Waals surface area contributed by atoms with Gasteiger partial charge in [-0.25, -0.2) is 0 Å². The summed E-state index contributed by atoms with van der Waals surface area (Å²) in [5.41, 5.74) is 3.53. The van der Waals surface area contributed by atoms with Gasteiger partial charge in [0, 0.05) is 5.92 Å². The van der Waals surface area contributed by atoms with Crippen LogP contribution >= 0.6 is 0 Å². The van der Waals surface area contributed by atoms with Crippen LogP contribution in [0.15, 0.2) is 23.8 Å². The third kappa shape index (κ3) is 2.36. The number of benzene rings is 1. The van der Waals surface area contributed by atoms with Crippen molar-refractivity contribution in [1.29, 1.82) is 21.2 Å². The van der Waals surface area contributed by atoms with Crippen molar-refractivity contribution < 1.29 is 0 Å². The van der Waals surface area contributed by atoms with E-state index in [9.17, 15) is 15.8 Å². The molecule has 0 amide bonds. The van der Waals surface area contributed by atoms with Gasteiger partial charge in [-0.15, -0.1) is 0 Å². The van der Waals surface area contributed by atoms with Crippen LogP contribution in [0.2, 0.25) is 0 Å². The highest BCUT2D eigenvalue weighted by atomic mass is 14.7. The van der Waals surface area contributed by atoms with E-state index in [2.05, 4.69) is 36.4 Å². The Balaban J connectivity index is 2.34. The molecule has 2 aliphatic rings. The molecule has 0 radical (unpaired) electrons. The lowest BCUT2D eigenvalue weighted by Gasteiger charge is -2.46. The minimum atomic E-state index is -1.59. The van der Waals surface area contributed by atoms with Crippen molar-refractivity contribution in [2.45, 2.75) is 46.0 Å². The Morgan fingerprint density at radius 1 is 1.08 bits per heavy atom. The highest BCUT2D eigenvalue weighted by Crippen LogP contribution is 2.56. The average Bonchev–Trinajstić information content (AvgIpc) is 2.61. The fraction of sp³-hybridized carbons (Fsp3) is 0.455. The number of rotatable bonds is 1. The quantitative estimate of drug-likeness (QED) is 0.754. The van der Waals surface area contributed by atoms with Crippen LogP contribution in [0.25, 0.3) is 0 Å². The minimum Gasteiger partial charge on any atom is -0.305 e. The van der Waals surface area contributed by atoms with E-state index in [-0.39, 0.29) is 11.6 Å². The zero-order valence-corrected chi connectivity index (χ0v) is 15.4. The zero-order chi connectivity index (χ0) is 19.1. The van der Waals surface area contributed by atoms with Crippen LogP contribution in [0.5, 0.6) is 0 Å². The van der Waals surface area contributed by atoms with Crippen LogP contribution in [0, 0.1) is 77.4 Å². The maximum Gasteiger partial charge on any atom is 0.189 e. The molecule has 0 unspecified atom stereocenters. The van der Waals surface area contributed by atoms with Gasteiger partial charge < -0.3 is 5.41 Å². The topological polar surface area (TPSA) is 95.2 Å². The second-order valence-electron chi connectivity index (χ2n) is 7.54. The lowest BCUT2D eigenvalue weighted by Crippen LogP contribution is -2.49. The number of nitrogens with one attached hydrogen (secondary N) is 1. The van der Waals surface area contributed by atoms with Gasteiger partial charge in [0.15, 0.2) is 5.41 Å². The van der Waals surface area contributed by atoms with E-state index in [1.54, 1.807) is 0 Å². The summed E-state index contributed by atoms with van der Waals surface area (Å²) < 4.78 is 0. The van der Waals surface area contributed by atoms with E-state index in [0.717, 1.165) is 47.1 Å². The Morgan fingerprint density at radius 3 is 2.23 bits per heavy atom. The third-order valence-corrected chi connectivity index (χ3v) is 5.97. The van der Waals surface area contributed by atoms with Crippen molar-refractivity contribution in [1.82, 2.24) is 0 Å². The molecule has 130 valence electrons. The predicted octanol–water partition coefficient (Wildman–Crippen LogP) is 4.63. The summed E-state index contributed by atoms with van der Waals surface area (Å²) >= 11 is 0. The van der Waals surface area contributed by atoms with Crippen LogP contribution in [0.4, 0.5) is 0 Å². The van der Waals surface area contributed by atoms with E-state index in [4.69, 9.17) is 5.41 Å². The standard InChI is InChI=1S/C22H22N4/c1-13-8-14(2)19(15(3)9-13)20-17-7-5-4-6-16(17)18(10-23)21(26)22(20,11-24)12-25/h6,8-9,17-18,20,26H,4-5,7H2,1-3H3/t17-,18-,20-/m1/s1. The molecule has 2 aliphatic carbocycles. The fourth-order valence-corrected chi connectivity index (χ4v) is 5.00. The molecule has 1 aromatic rings. The van der Waals surface area contributed by atoms with Gasteiger partial charge in [0.1, 0.15) is 5.92 Å². The SMILES string of the molecule is Cc1cc(C)c([C@H]2[C@@H]3CCCC=C3[C@@H](C#N)C(=N)C2(C#N)C#N)c(C)c1. The van der Waals surface area contributed by atoms with Crippen molar-refractivity contribution in [3.8, 4) is 18.2 Å². The van der Waals surface area contributed by atoms with Crippen molar-refractivity contribution in [2.24, 2.45) is 17.3 Å². The summed E-state index contributed by atoms with van der Waals surface area (Å²) in [5.74, 6) is -1.20. The van der Waals surface area contributed by atoms with E-state index >= 15 is 0 Å². The highest BCUT2D eigenvalue weighted by molar-refractivity contribution is 6.00. The van der Waals surface area contributed by atoms with Gasteiger partial charge in [-0.2, -0.15) is 15.8 Å². The van der Waals surface area contributed by atoms with Crippen molar-refractivity contribution >= 4 is 5.71 Å². The Morgan fingerprint density at radius 2 is 1.69 bits per heavy atom. The van der Waals surface area contributed by atoms with Crippen LogP contribution in [-0.2, 0) is 0 Å². The van der Waals surface area contributed by atoms with Crippen LogP contribution < -0.4 is 0 Å². The lowest BCUT2D eigenvalue weighted by molar-refractivity contribution is 0.318. The molecule has 4 nitrogen and oxygen atoms in total. The Kier molecular flexibility index (Phi) is 4.43. The van der Waals surface area contributed by atoms with Gasteiger partial charge in [-0.1, -0.05) is 23.8 Å². The van der Waals surface area contributed by atoms with E-state index < -0.39 is 17.3 Å². The summed E-state index contributed by atoms with van der Waals surface area (Å²) in [7, 11) is 0. The monoisotopic (exact) mass is 342 g/mol. The number of nitriles is 3. The number of fused-ring (bicyclic) bond motifs is 1. The van der Waals surface area contributed by atoms with E-state index in [1.807, 2.05) is 20.8 Å². The molecule has 1 aromatic carbocycles. The Hall–Kier alpha value is -2.90. The third-order valence-electron chi connectivity index (χ3n) is 5.97. The average molecular weight is 342 g/mol. The first-order chi connectivity index (χ1) is 12.4. The highest BCUT2D eigenvalue weighted by Gasteiger charge is 2.57. The molecule has 1 fully saturated rings. The number of allylic oxidation sites excluding steroid dienone is 2. The summed E-state index contributed by atoms with van der Waals surface area (Å²) in [5, 5.41) is 38.4. The molecule has 1 N–H and O–H groups in total. The molecule has 0 spiro atoms. The van der Waals surface area contributed by atoms with Crippen LogP contribution in [0.1, 0.15) is 47.4 Å². The lowest BCUT2D eigenvalue weighted by atomic mass is 9.52. The molecule has 1 saturated carbocycles. The van der Waals surface area contributed by atoms with Crippen LogP contribution in [0.3, 0.4) is 0 Å². The van der Waals surface area contributed by atoms with Gasteiger partial charge in [0.25, 0.3) is 0 Å². The van der Waals surface area contributed by atoms with Crippen molar-refractivity contribution in [3.63, 3.8) is 0 Å². The van der Waals surface area contributed by atoms with Gasteiger partial charge in [-0.05, 0) is 68.2 Å². The molecule has 0 aromatic heterocycles. The first-order valence-electron chi connectivity index (χ1n) is 9.00. The normalized spacial score (nSPS) is 26.7. The smallest absolute Gasteiger partial charge is 0.189 e. The molecule has 3 rings (SSSR count). The summed E-state index contributed by atoms with van der Waals surface area (Å²) in [6, 6.07) is 10.7. The number of nitrogens with zero attached hydrogens (tertiary/aromatic N) is 3. The minimum absolute atomic E-state index is 0.0399. The van der Waals surface area contributed by atoms with E-state index in [0.29, 0.717) is 0 Å². The molecule has 0 aliphatic heterocycles. The summed E-state index contributed by atoms with van der Waals surface area (Å²) in [6.07, 6.45) is 4.79. The van der Waals surface area contributed by atoms with Gasteiger partial charge in [0.2, 0.25) is 0 Å². The molecule has 26 heavy (non-hydrogen) atoms. The first-order valence-corrected chi connectivity index (χ1v) is 9.00. The van der Waals surface area contributed by atoms with Gasteiger partial charge >= 0.3 is 0 Å². The molecule has 3 atom stereocenters. The van der Waals surface area contributed by atoms with Gasteiger partial charge in [-0.3, -0.25) is 0 Å². The number of hydrogen-bond donors (Lipinski definition) is 1. The first kappa shape index (κ1) is 17.9. The van der Waals surface area contributed by atoms with Crippen LogP contribution in [-0.4, -0.2) is 5.71 Å².